The number of likely N-dealkylation sites (tertiary alicyclic amines) is 1. The molecule has 25 heavy (non-hydrogen) atoms. The number of carbonyl (C=O) groups excluding carboxylic acids is 1. The van der Waals surface area contributed by atoms with Crippen molar-refractivity contribution in [2.45, 2.75) is 32.8 Å². The molecular weight excluding hydrogens is 316 g/mol. The Bertz CT molecular complexity index is 713. The topological polar surface area (TPSA) is 59.4 Å². The number of rotatable bonds is 5. The van der Waals surface area contributed by atoms with Gasteiger partial charge in [-0.15, -0.1) is 0 Å². The third kappa shape index (κ3) is 4.60. The van der Waals surface area contributed by atoms with Crippen LogP contribution < -0.4 is 10.1 Å². The first-order chi connectivity index (χ1) is 12.0. The Labute approximate surface area is 148 Å². The molecule has 1 saturated heterocycles. The largest absolute Gasteiger partial charge is 0.490 e. The molecule has 1 N–H and O–H groups in total. The van der Waals surface area contributed by atoms with Crippen molar-refractivity contribution in [2.75, 3.05) is 25.0 Å². The minimum absolute atomic E-state index is 0.0172. The van der Waals surface area contributed by atoms with E-state index < -0.39 is 0 Å². The maximum Gasteiger partial charge on any atom is 0.239 e. The molecule has 3 rings (SSSR count). The lowest BCUT2D eigenvalue weighted by Crippen LogP contribution is -2.42. The van der Waals surface area contributed by atoms with Crippen LogP contribution in [0.15, 0.2) is 30.3 Å². The summed E-state index contributed by atoms with van der Waals surface area (Å²) >= 11 is 0. The van der Waals surface area contributed by atoms with Gasteiger partial charge in [-0.3, -0.25) is 14.4 Å². The van der Waals surface area contributed by atoms with Gasteiger partial charge < -0.3 is 10.1 Å². The molecule has 1 amide bonds. The van der Waals surface area contributed by atoms with Crippen LogP contribution in [-0.4, -0.2) is 46.3 Å². The van der Waals surface area contributed by atoms with Crippen LogP contribution >= 0.6 is 0 Å². The van der Waals surface area contributed by atoms with Crippen molar-refractivity contribution < 1.29 is 9.53 Å². The molecule has 0 unspecified atom stereocenters. The van der Waals surface area contributed by atoms with Crippen molar-refractivity contribution in [3.63, 3.8) is 0 Å². The number of nitrogens with zero attached hydrogens (tertiary/aromatic N) is 3. The summed E-state index contributed by atoms with van der Waals surface area (Å²) in [5.41, 5.74) is 2.18. The Morgan fingerprint density at radius 1 is 1.28 bits per heavy atom. The van der Waals surface area contributed by atoms with Crippen molar-refractivity contribution in [1.82, 2.24) is 14.7 Å². The summed E-state index contributed by atoms with van der Waals surface area (Å²) in [6, 6.07) is 9.98. The molecule has 0 atom stereocenters. The molecular formula is C19H26N4O2. The molecule has 0 saturated carbocycles. The molecule has 1 aromatic heterocycles. The van der Waals surface area contributed by atoms with Gasteiger partial charge in [0.15, 0.2) is 5.82 Å². The molecule has 2 heterocycles. The van der Waals surface area contributed by atoms with E-state index in [1.807, 2.05) is 38.2 Å². The van der Waals surface area contributed by atoms with Gasteiger partial charge in [-0.05, 0) is 38.3 Å². The number of ether oxygens (including phenoxy) is 1. The average molecular weight is 342 g/mol. The second-order valence-corrected chi connectivity index (χ2v) is 6.70. The molecule has 6 heteroatoms. The highest BCUT2D eigenvalue weighted by molar-refractivity contribution is 5.91. The minimum Gasteiger partial charge on any atom is -0.490 e. The van der Waals surface area contributed by atoms with Crippen LogP contribution in [0, 0.1) is 13.8 Å². The molecule has 0 aliphatic carbocycles. The second kappa shape index (κ2) is 7.70. The van der Waals surface area contributed by atoms with Gasteiger partial charge in [0.2, 0.25) is 5.91 Å². The fourth-order valence-electron chi connectivity index (χ4n) is 3.06. The van der Waals surface area contributed by atoms with Gasteiger partial charge in [-0.25, -0.2) is 0 Å². The summed E-state index contributed by atoms with van der Waals surface area (Å²) in [5, 5.41) is 7.12. The first-order valence-electron chi connectivity index (χ1n) is 8.76. The number of para-hydroxylation sites is 1. The number of carbonyl (C=O) groups is 1. The molecule has 134 valence electrons. The van der Waals surface area contributed by atoms with Crippen molar-refractivity contribution in [3.8, 4) is 5.75 Å². The highest BCUT2D eigenvalue weighted by Gasteiger charge is 2.22. The highest BCUT2D eigenvalue weighted by atomic mass is 16.5. The van der Waals surface area contributed by atoms with E-state index in [1.165, 1.54) is 0 Å². The molecule has 1 aliphatic heterocycles. The maximum absolute atomic E-state index is 12.2. The van der Waals surface area contributed by atoms with E-state index in [1.54, 1.807) is 4.68 Å². The van der Waals surface area contributed by atoms with Gasteiger partial charge in [0.25, 0.3) is 0 Å². The van der Waals surface area contributed by atoms with E-state index in [4.69, 9.17) is 4.74 Å². The van der Waals surface area contributed by atoms with E-state index in [-0.39, 0.29) is 12.0 Å². The monoisotopic (exact) mass is 342 g/mol. The second-order valence-electron chi connectivity index (χ2n) is 6.70. The smallest absolute Gasteiger partial charge is 0.239 e. The van der Waals surface area contributed by atoms with Crippen LogP contribution in [0.5, 0.6) is 5.75 Å². The molecule has 6 nitrogen and oxygen atoms in total. The number of hydrogen-bond donors (Lipinski definition) is 1. The van der Waals surface area contributed by atoms with Crippen LogP contribution in [0.25, 0.3) is 0 Å². The van der Waals surface area contributed by atoms with Crippen LogP contribution in [0.1, 0.15) is 24.1 Å². The van der Waals surface area contributed by atoms with Gasteiger partial charge in [-0.2, -0.15) is 5.10 Å². The number of benzene rings is 1. The van der Waals surface area contributed by atoms with Crippen LogP contribution in [0.3, 0.4) is 0 Å². The van der Waals surface area contributed by atoms with E-state index in [2.05, 4.69) is 28.3 Å². The number of aryl methyl sites for hydroxylation is 3. The number of piperidine rings is 1. The van der Waals surface area contributed by atoms with Crippen molar-refractivity contribution in [1.29, 1.82) is 0 Å². The first kappa shape index (κ1) is 17.5. The molecule has 1 aliphatic rings. The van der Waals surface area contributed by atoms with E-state index in [0.29, 0.717) is 12.4 Å². The zero-order valence-electron chi connectivity index (χ0n) is 15.2. The number of hydrogen-bond acceptors (Lipinski definition) is 4. The van der Waals surface area contributed by atoms with Crippen molar-refractivity contribution in [2.24, 2.45) is 7.05 Å². The molecule has 1 aromatic carbocycles. The fraction of sp³-hybridized carbons (Fsp3) is 0.474. The predicted molar refractivity (Wildman–Crippen MR) is 97.8 cm³/mol. The molecule has 0 spiro atoms. The lowest BCUT2D eigenvalue weighted by Gasteiger charge is -2.31. The van der Waals surface area contributed by atoms with Gasteiger partial charge in [-0.1, -0.05) is 18.2 Å². The van der Waals surface area contributed by atoms with Gasteiger partial charge in [0.05, 0.1) is 6.54 Å². The summed E-state index contributed by atoms with van der Waals surface area (Å²) in [7, 11) is 1.87. The van der Waals surface area contributed by atoms with Crippen LogP contribution in [0.4, 0.5) is 5.82 Å². The number of aromatic nitrogens is 2. The number of anilines is 1. The molecule has 0 radical (unpaired) electrons. The van der Waals surface area contributed by atoms with Gasteiger partial charge in [0.1, 0.15) is 11.9 Å². The van der Waals surface area contributed by atoms with Crippen molar-refractivity contribution in [3.05, 3.63) is 41.6 Å². The third-order valence-corrected chi connectivity index (χ3v) is 4.67. The van der Waals surface area contributed by atoms with Crippen LogP contribution in [0.2, 0.25) is 0 Å². The minimum atomic E-state index is -0.0172. The summed E-state index contributed by atoms with van der Waals surface area (Å²) in [6.45, 7) is 6.15. The Morgan fingerprint density at radius 3 is 2.64 bits per heavy atom. The van der Waals surface area contributed by atoms with Gasteiger partial charge in [0, 0.05) is 31.9 Å². The number of nitrogens with one attached hydrogen (secondary N) is 1. The Hall–Kier alpha value is -2.34. The first-order valence-corrected chi connectivity index (χ1v) is 8.76. The lowest BCUT2D eigenvalue weighted by atomic mass is 10.1. The Kier molecular flexibility index (Phi) is 5.38. The summed E-state index contributed by atoms with van der Waals surface area (Å²) in [5.74, 6) is 1.56. The Balaban J connectivity index is 1.44. The zero-order valence-corrected chi connectivity index (χ0v) is 15.2. The van der Waals surface area contributed by atoms with Crippen molar-refractivity contribution >= 4 is 11.7 Å². The summed E-state index contributed by atoms with van der Waals surface area (Å²) in [4.78, 5) is 14.4. The van der Waals surface area contributed by atoms with E-state index in [0.717, 1.165) is 42.9 Å². The number of amides is 1. The van der Waals surface area contributed by atoms with Gasteiger partial charge >= 0.3 is 0 Å². The maximum atomic E-state index is 12.2. The van der Waals surface area contributed by atoms with Crippen LogP contribution in [-0.2, 0) is 11.8 Å². The average Bonchev–Trinajstić information content (AvgIpc) is 2.89. The fourth-order valence-corrected chi connectivity index (χ4v) is 3.06. The Morgan fingerprint density at radius 2 is 2.00 bits per heavy atom. The zero-order chi connectivity index (χ0) is 17.8. The molecule has 0 bridgehead atoms. The lowest BCUT2D eigenvalue weighted by molar-refractivity contribution is -0.117. The SMILES string of the molecule is Cc1ccccc1OC1CCN(CC(=O)Nc2cc(C)n(C)n2)CC1. The molecule has 2 aromatic rings. The molecule has 1 fully saturated rings. The van der Waals surface area contributed by atoms with E-state index >= 15 is 0 Å². The summed E-state index contributed by atoms with van der Waals surface area (Å²) < 4.78 is 7.86. The van der Waals surface area contributed by atoms with E-state index in [9.17, 15) is 4.79 Å². The highest BCUT2D eigenvalue weighted by Crippen LogP contribution is 2.22. The predicted octanol–water partition coefficient (Wildman–Crippen LogP) is 2.52. The summed E-state index contributed by atoms with van der Waals surface area (Å²) in [6.07, 6.45) is 2.09. The third-order valence-electron chi connectivity index (χ3n) is 4.67. The quantitative estimate of drug-likeness (QED) is 0.907. The standard InChI is InChI=1S/C19H26N4O2/c1-14-6-4-5-7-17(14)25-16-8-10-23(11-9-16)13-19(24)20-18-12-15(2)22(3)21-18/h4-7,12,16H,8-11,13H2,1-3H3,(H,20,21,24). The normalized spacial score (nSPS) is 16.0.